The Morgan fingerprint density at radius 3 is 1.17 bits per heavy atom. The fourth-order valence-electron chi connectivity index (χ4n) is 0.562. The molecule has 74 valence electrons. The predicted molar refractivity (Wildman–Crippen MR) is 27.4 cm³/mol. The van der Waals surface area contributed by atoms with Gasteiger partial charge in [-0.05, 0) is 6.42 Å². The van der Waals surface area contributed by atoms with Gasteiger partial charge in [0.15, 0.2) is 0 Å². The molecule has 0 aromatic heterocycles. The van der Waals surface area contributed by atoms with E-state index in [-0.39, 0.29) is 0 Å². The van der Waals surface area contributed by atoms with Crippen molar-refractivity contribution in [3.05, 3.63) is 0 Å². The summed E-state index contributed by atoms with van der Waals surface area (Å²) in [5.74, 6) is 0. The van der Waals surface area contributed by atoms with Crippen LogP contribution in [0.5, 0.6) is 0 Å². The van der Waals surface area contributed by atoms with E-state index in [1.165, 1.54) is 0 Å². The zero-order valence-corrected chi connectivity index (χ0v) is 5.92. The first-order valence-corrected chi connectivity index (χ1v) is 2.92. The molecule has 1 N–H and O–H groups in total. The van der Waals surface area contributed by atoms with Crippen molar-refractivity contribution in [2.75, 3.05) is 0 Å². The Hall–Kier alpha value is -0.460. The molecule has 0 aromatic rings. The summed E-state index contributed by atoms with van der Waals surface area (Å²) < 4.78 is 69.8. The molecule has 0 heterocycles. The SMILES string of the molecule is CCC(O)(C(F)(F)F)C(F)(F)F. The van der Waals surface area contributed by atoms with Crippen LogP contribution in [0.4, 0.5) is 26.3 Å². The van der Waals surface area contributed by atoms with E-state index < -0.39 is 24.4 Å². The summed E-state index contributed by atoms with van der Waals surface area (Å²) in [6.07, 6.45) is -12.8. The molecular weight excluding hydrogens is 190 g/mol. The summed E-state index contributed by atoms with van der Waals surface area (Å²) in [4.78, 5) is 0. The first-order valence-electron chi connectivity index (χ1n) is 2.92. The van der Waals surface area contributed by atoms with Crippen LogP contribution in [0.15, 0.2) is 0 Å². The summed E-state index contributed by atoms with van der Waals surface area (Å²) >= 11 is 0. The first-order chi connectivity index (χ1) is 5.06. The average molecular weight is 196 g/mol. The highest BCUT2D eigenvalue weighted by atomic mass is 19.4. The Labute approximate surface area is 64.0 Å². The molecule has 0 atom stereocenters. The van der Waals surface area contributed by atoms with Gasteiger partial charge in [0, 0.05) is 0 Å². The van der Waals surface area contributed by atoms with Gasteiger partial charge in [-0.15, -0.1) is 0 Å². The third-order valence-corrected chi connectivity index (χ3v) is 1.45. The fraction of sp³-hybridized carbons (Fsp3) is 1.00. The Bertz CT molecular complexity index is 142. The van der Waals surface area contributed by atoms with E-state index in [0.717, 1.165) is 0 Å². The maximum atomic E-state index is 11.6. The van der Waals surface area contributed by atoms with E-state index in [0.29, 0.717) is 6.92 Å². The Morgan fingerprint density at radius 1 is 0.917 bits per heavy atom. The monoisotopic (exact) mass is 196 g/mol. The second-order valence-electron chi connectivity index (χ2n) is 2.21. The van der Waals surface area contributed by atoms with Gasteiger partial charge in [0.1, 0.15) is 0 Å². The summed E-state index contributed by atoms with van der Waals surface area (Å²) in [7, 11) is 0. The first kappa shape index (κ1) is 11.5. The molecule has 1 nitrogen and oxygen atoms in total. The molecule has 0 fully saturated rings. The highest BCUT2D eigenvalue weighted by Crippen LogP contribution is 2.44. The third kappa shape index (κ3) is 1.65. The van der Waals surface area contributed by atoms with E-state index in [4.69, 9.17) is 5.11 Å². The maximum Gasteiger partial charge on any atom is 0.426 e. The normalized spacial score (nSPS) is 15.0. The zero-order valence-electron chi connectivity index (χ0n) is 5.92. The van der Waals surface area contributed by atoms with E-state index in [9.17, 15) is 26.3 Å². The third-order valence-electron chi connectivity index (χ3n) is 1.45. The highest BCUT2D eigenvalue weighted by molar-refractivity contribution is 4.92. The van der Waals surface area contributed by atoms with E-state index >= 15 is 0 Å². The highest BCUT2D eigenvalue weighted by Gasteiger charge is 2.69. The van der Waals surface area contributed by atoms with Crippen LogP contribution in [-0.2, 0) is 0 Å². The predicted octanol–water partition coefficient (Wildman–Crippen LogP) is 2.25. The van der Waals surface area contributed by atoms with Gasteiger partial charge in [-0.25, -0.2) is 0 Å². The minimum Gasteiger partial charge on any atom is -0.374 e. The van der Waals surface area contributed by atoms with Gasteiger partial charge >= 0.3 is 12.4 Å². The second kappa shape index (κ2) is 2.79. The summed E-state index contributed by atoms with van der Waals surface area (Å²) in [5.41, 5.74) is -4.58. The lowest BCUT2D eigenvalue weighted by molar-refractivity contribution is -0.368. The molecule has 0 bridgehead atoms. The summed E-state index contributed by atoms with van der Waals surface area (Å²) in [6, 6.07) is 0. The van der Waals surface area contributed by atoms with E-state index in [1.54, 1.807) is 0 Å². The molecule has 7 heteroatoms. The molecule has 0 saturated heterocycles. The van der Waals surface area contributed by atoms with Crippen LogP contribution in [0, 0.1) is 0 Å². The van der Waals surface area contributed by atoms with Crippen LogP contribution < -0.4 is 0 Å². The molecule has 0 unspecified atom stereocenters. The van der Waals surface area contributed by atoms with Crippen LogP contribution in [0.2, 0.25) is 0 Å². The smallest absolute Gasteiger partial charge is 0.374 e. The summed E-state index contributed by atoms with van der Waals surface area (Å²) in [6.45, 7) is 0.612. The number of aliphatic hydroxyl groups is 1. The second-order valence-corrected chi connectivity index (χ2v) is 2.21. The molecule has 0 aliphatic rings. The van der Waals surface area contributed by atoms with Gasteiger partial charge < -0.3 is 5.11 Å². The Morgan fingerprint density at radius 2 is 1.17 bits per heavy atom. The van der Waals surface area contributed by atoms with Crippen LogP contribution >= 0.6 is 0 Å². The van der Waals surface area contributed by atoms with Crippen LogP contribution in [0.1, 0.15) is 13.3 Å². The van der Waals surface area contributed by atoms with Crippen molar-refractivity contribution in [2.24, 2.45) is 0 Å². The van der Waals surface area contributed by atoms with E-state index in [2.05, 4.69) is 0 Å². The molecule has 0 aliphatic heterocycles. The van der Waals surface area contributed by atoms with Gasteiger partial charge in [0.25, 0.3) is 5.60 Å². The lowest BCUT2D eigenvalue weighted by Crippen LogP contribution is -2.56. The van der Waals surface area contributed by atoms with Crippen molar-refractivity contribution in [2.45, 2.75) is 31.3 Å². The molecule has 0 amide bonds. The maximum absolute atomic E-state index is 11.6. The number of halogens is 6. The largest absolute Gasteiger partial charge is 0.426 e. The molecule has 0 aromatic carbocycles. The lowest BCUT2D eigenvalue weighted by Gasteiger charge is -2.30. The number of alkyl halides is 6. The Balaban J connectivity index is 4.95. The van der Waals surface area contributed by atoms with Gasteiger partial charge in [-0.2, -0.15) is 26.3 Å². The zero-order chi connectivity index (χ0) is 10.2. The average Bonchev–Trinajstić information content (AvgIpc) is 1.81. The molecule has 12 heavy (non-hydrogen) atoms. The van der Waals surface area contributed by atoms with Crippen molar-refractivity contribution in [1.82, 2.24) is 0 Å². The topological polar surface area (TPSA) is 20.2 Å². The standard InChI is InChI=1S/C5H6F6O/c1-2-3(12,4(6,7)8)5(9,10)11/h12H,2H2,1H3. The number of hydrogen-bond donors (Lipinski definition) is 1. The van der Waals surface area contributed by atoms with Crippen molar-refractivity contribution < 1.29 is 31.4 Å². The van der Waals surface area contributed by atoms with Gasteiger partial charge in [0.2, 0.25) is 0 Å². The molecular formula is C5H6F6O. The number of rotatable bonds is 1. The molecule has 0 saturated carbocycles. The van der Waals surface area contributed by atoms with E-state index in [1.807, 2.05) is 0 Å². The minimum absolute atomic E-state index is 0.612. The van der Waals surface area contributed by atoms with Gasteiger partial charge in [0.05, 0.1) is 0 Å². The molecule has 0 rings (SSSR count). The van der Waals surface area contributed by atoms with Crippen molar-refractivity contribution in [3.8, 4) is 0 Å². The quantitative estimate of drug-likeness (QED) is 0.637. The van der Waals surface area contributed by atoms with Crippen molar-refractivity contribution >= 4 is 0 Å². The molecule has 0 spiro atoms. The van der Waals surface area contributed by atoms with Crippen LogP contribution in [-0.4, -0.2) is 23.1 Å². The molecule has 0 aliphatic carbocycles. The van der Waals surface area contributed by atoms with Gasteiger partial charge in [-0.1, -0.05) is 6.92 Å². The fourth-order valence-corrected chi connectivity index (χ4v) is 0.562. The van der Waals surface area contributed by atoms with Gasteiger partial charge in [-0.3, -0.25) is 0 Å². The minimum atomic E-state index is -5.68. The molecule has 0 radical (unpaired) electrons. The lowest BCUT2D eigenvalue weighted by atomic mass is 10.00. The van der Waals surface area contributed by atoms with Crippen LogP contribution in [0.25, 0.3) is 0 Å². The Kier molecular flexibility index (Phi) is 2.68. The summed E-state index contributed by atoms with van der Waals surface area (Å²) in [5, 5.41) is 8.24. The van der Waals surface area contributed by atoms with Crippen molar-refractivity contribution in [1.29, 1.82) is 0 Å². The number of hydrogen-bond acceptors (Lipinski definition) is 1. The van der Waals surface area contributed by atoms with Crippen molar-refractivity contribution in [3.63, 3.8) is 0 Å². The van der Waals surface area contributed by atoms with Crippen LogP contribution in [0.3, 0.4) is 0 Å².